The zero-order valence-corrected chi connectivity index (χ0v) is 13.2. The molecule has 3 fully saturated rings. The van der Waals surface area contributed by atoms with Gasteiger partial charge in [0.25, 0.3) is 10.1 Å². The van der Waals surface area contributed by atoms with E-state index in [1.165, 1.54) is 6.92 Å². The first-order valence-corrected chi connectivity index (χ1v) is 8.56. The van der Waals surface area contributed by atoms with Crippen LogP contribution in [0.2, 0.25) is 0 Å². The minimum Gasteiger partial charge on any atom is -0.457 e. The van der Waals surface area contributed by atoms with Crippen LogP contribution in [0.3, 0.4) is 0 Å². The van der Waals surface area contributed by atoms with E-state index < -0.39 is 51.5 Å². The van der Waals surface area contributed by atoms with Gasteiger partial charge in [0, 0.05) is 16.9 Å². The highest BCUT2D eigenvalue weighted by molar-refractivity contribution is 7.87. The molecule has 5 unspecified atom stereocenters. The average molecular weight is 330 g/mol. The second-order valence-corrected chi connectivity index (χ2v) is 8.26. The summed E-state index contributed by atoms with van der Waals surface area (Å²) in [6, 6.07) is 0. The number of esters is 2. The molecule has 122 valence electrons. The van der Waals surface area contributed by atoms with Gasteiger partial charge < -0.3 is 9.47 Å². The second kappa shape index (κ2) is 4.79. The monoisotopic (exact) mass is 330 g/mol. The molecule has 2 saturated carbocycles. The lowest BCUT2D eigenvalue weighted by Crippen LogP contribution is -2.43. The molecule has 7 nitrogen and oxygen atoms in total. The fourth-order valence-electron chi connectivity index (χ4n) is 3.91. The molecule has 22 heavy (non-hydrogen) atoms. The van der Waals surface area contributed by atoms with Crippen LogP contribution in [0.4, 0.5) is 0 Å². The zero-order valence-electron chi connectivity index (χ0n) is 12.4. The zero-order chi connectivity index (χ0) is 16.3. The first-order chi connectivity index (χ1) is 10.1. The molecule has 0 aromatic carbocycles. The average Bonchev–Trinajstić information content (AvgIpc) is 2.92. The van der Waals surface area contributed by atoms with Crippen molar-refractivity contribution in [1.29, 1.82) is 0 Å². The van der Waals surface area contributed by atoms with Crippen LogP contribution in [0.25, 0.3) is 0 Å². The van der Waals surface area contributed by atoms with Gasteiger partial charge >= 0.3 is 11.9 Å². The van der Waals surface area contributed by atoms with Gasteiger partial charge in [-0.25, -0.2) is 9.59 Å². The molecule has 0 spiro atoms. The van der Waals surface area contributed by atoms with Gasteiger partial charge in [-0.15, -0.1) is 0 Å². The van der Waals surface area contributed by atoms with E-state index in [-0.39, 0.29) is 11.5 Å². The Morgan fingerprint density at radius 1 is 1.41 bits per heavy atom. The standard InChI is InChI=1S/C14H18O7S/c1-7(2)13(16)19-6-10(15)20-11-8-4-9-14(3,5-8)12(11)21-22(9,17)18/h8-9,11-12H,1,4-6H2,2-3H3. The Labute approximate surface area is 128 Å². The van der Waals surface area contributed by atoms with Gasteiger partial charge in [0.05, 0.1) is 5.25 Å². The molecule has 8 heteroatoms. The molecule has 1 aliphatic heterocycles. The van der Waals surface area contributed by atoms with E-state index in [0.29, 0.717) is 12.8 Å². The number of ether oxygens (including phenoxy) is 2. The van der Waals surface area contributed by atoms with E-state index in [9.17, 15) is 18.0 Å². The number of hydrogen-bond donors (Lipinski definition) is 0. The molecular formula is C14H18O7S. The maximum atomic E-state index is 12.0. The van der Waals surface area contributed by atoms with Crippen molar-refractivity contribution in [2.24, 2.45) is 11.3 Å². The van der Waals surface area contributed by atoms with Gasteiger partial charge in [-0.05, 0) is 19.8 Å². The SMILES string of the molecule is C=C(C)C(=O)OCC(=O)OC1C2CC3C(C)(C2)C1OS3(=O)=O. The first-order valence-electron chi connectivity index (χ1n) is 7.09. The lowest BCUT2D eigenvalue weighted by molar-refractivity contribution is -0.166. The highest BCUT2D eigenvalue weighted by Gasteiger charge is 2.72. The molecule has 3 rings (SSSR count). The summed E-state index contributed by atoms with van der Waals surface area (Å²) in [7, 11) is -3.58. The van der Waals surface area contributed by atoms with Crippen LogP contribution < -0.4 is 0 Å². The van der Waals surface area contributed by atoms with Crippen molar-refractivity contribution in [1.82, 2.24) is 0 Å². The summed E-state index contributed by atoms with van der Waals surface area (Å²) in [5.41, 5.74) is -0.309. The van der Waals surface area contributed by atoms with E-state index in [1.807, 2.05) is 6.92 Å². The highest BCUT2D eigenvalue weighted by Crippen LogP contribution is 2.63. The molecule has 3 aliphatic rings. The van der Waals surface area contributed by atoms with Crippen LogP contribution in [0.5, 0.6) is 0 Å². The summed E-state index contributed by atoms with van der Waals surface area (Å²) in [4.78, 5) is 23.1. The van der Waals surface area contributed by atoms with Crippen molar-refractivity contribution in [3.05, 3.63) is 12.2 Å². The smallest absolute Gasteiger partial charge is 0.344 e. The van der Waals surface area contributed by atoms with E-state index in [0.717, 1.165) is 0 Å². The van der Waals surface area contributed by atoms with Crippen LogP contribution in [0.15, 0.2) is 12.2 Å². The van der Waals surface area contributed by atoms with Crippen LogP contribution >= 0.6 is 0 Å². The Morgan fingerprint density at radius 2 is 2.09 bits per heavy atom. The normalized spacial score (nSPS) is 40.5. The number of fused-ring (bicyclic) bond motifs is 1. The van der Waals surface area contributed by atoms with Gasteiger partial charge in [-0.3, -0.25) is 4.18 Å². The lowest BCUT2D eigenvalue weighted by atomic mass is 9.82. The molecule has 0 amide bonds. The van der Waals surface area contributed by atoms with Gasteiger partial charge in [0.15, 0.2) is 6.61 Å². The predicted octanol–water partition coefficient (Wildman–Crippen LogP) is 0.545. The van der Waals surface area contributed by atoms with E-state index >= 15 is 0 Å². The molecule has 1 saturated heterocycles. The summed E-state index contributed by atoms with van der Waals surface area (Å²) >= 11 is 0. The summed E-state index contributed by atoms with van der Waals surface area (Å²) in [6.45, 7) is 6.23. The van der Waals surface area contributed by atoms with Gasteiger partial charge in [-0.1, -0.05) is 13.5 Å². The minimum atomic E-state index is -3.58. The third kappa shape index (κ3) is 2.16. The van der Waals surface area contributed by atoms with E-state index in [2.05, 4.69) is 6.58 Å². The molecule has 1 heterocycles. The second-order valence-electron chi connectivity index (χ2n) is 6.51. The van der Waals surface area contributed by atoms with Crippen molar-refractivity contribution < 1.29 is 31.7 Å². The quantitative estimate of drug-likeness (QED) is 0.422. The third-order valence-corrected chi connectivity index (χ3v) is 6.79. The fraction of sp³-hybridized carbons (Fsp3) is 0.714. The summed E-state index contributed by atoms with van der Waals surface area (Å²) in [6.07, 6.45) is -0.138. The summed E-state index contributed by atoms with van der Waals surface area (Å²) < 4.78 is 39.2. The number of hydrogen-bond acceptors (Lipinski definition) is 7. The van der Waals surface area contributed by atoms with Crippen molar-refractivity contribution in [2.45, 2.75) is 44.1 Å². The molecule has 0 N–H and O–H groups in total. The molecule has 2 aliphatic carbocycles. The number of carbonyl (C=O) groups is 2. The minimum absolute atomic E-state index is 0.0296. The Kier molecular flexibility index (Phi) is 3.37. The Morgan fingerprint density at radius 3 is 2.73 bits per heavy atom. The van der Waals surface area contributed by atoms with Crippen LogP contribution in [-0.2, 0) is 33.4 Å². The summed E-state index contributed by atoms with van der Waals surface area (Å²) in [5.74, 6) is -1.41. The van der Waals surface area contributed by atoms with Crippen LogP contribution in [-0.4, -0.2) is 44.4 Å². The lowest BCUT2D eigenvalue weighted by Gasteiger charge is -2.30. The first kappa shape index (κ1) is 15.5. The Bertz CT molecular complexity index is 652. The molecular weight excluding hydrogens is 312 g/mol. The number of carbonyl (C=O) groups excluding carboxylic acids is 2. The van der Waals surface area contributed by atoms with Crippen molar-refractivity contribution in [2.75, 3.05) is 6.61 Å². The molecule has 0 aromatic heterocycles. The topological polar surface area (TPSA) is 96.0 Å². The molecule has 5 atom stereocenters. The number of rotatable bonds is 4. The van der Waals surface area contributed by atoms with Crippen LogP contribution in [0, 0.1) is 11.3 Å². The van der Waals surface area contributed by atoms with Crippen molar-refractivity contribution in [3.8, 4) is 0 Å². The molecule has 2 bridgehead atoms. The largest absolute Gasteiger partial charge is 0.457 e. The third-order valence-electron chi connectivity index (χ3n) is 4.89. The van der Waals surface area contributed by atoms with Crippen molar-refractivity contribution >= 4 is 22.1 Å². The van der Waals surface area contributed by atoms with E-state index in [4.69, 9.17) is 13.7 Å². The fourth-order valence-corrected chi connectivity index (χ4v) is 6.04. The van der Waals surface area contributed by atoms with Gasteiger partial charge in [0.2, 0.25) is 0 Å². The summed E-state index contributed by atoms with van der Waals surface area (Å²) in [5, 5.41) is -0.508. The predicted molar refractivity (Wildman–Crippen MR) is 74.1 cm³/mol. The molecule has 0 aromatic rings. The Balaban J connectivity index is 1.65. The van der Waals surface area contributed by atoms with Crippen LogP contribution in [0.1, 0.15) is 26.7 Å². The van der Waals surface area contributed by atoms with E-state index in [1.54, 1.807) is 0 Å². The van der Waals surface area contributed by atoms with Gasteiger partial charge in [-0.2, -0.15) is 8.42 Å². The highest BCUT2D eigenvalue weighted by atomic mass is 32.2. The van der Waals surface area contributed by atoms with Gasteiger partial charge in [0.1, 0.15) is 12.2 Å². The maximum Gasteiger partial charge on any atom is 0.344 e. The Hall–Kier alpha value is -1.41. The molecule has 0 radical (unpaired) electrons. The maximum absolute atomic E-state index is 12.0. The van der Waals surface area contributed by atoms with Crippen molar-refractivity contribution in [3.63, 3.8) is 0 Å².